The largest absolute Gasteiger partial charge is 0.497 e. The Bertz CT molecular complexity index is 1430. The third-order valence-electron chi connectivity index (χ3n) is 5.54. The molecule has 1 aromatic heterocycles. The minimum atomic E-state index is -0.525. The maximum absolute atomic E-state index is 12.9. The molecule has 0 aliphatic heterocycles. The van der Waals surface area contributed by atoms with Crippen molar-refractivity contribution in [1.29, 1.82) is 0 Å². The molecule has 1 heterocycles. The maximum Gasteiger partial charge on any atom is 0.347 e. The summed E-state index contributed by atoms with van der Waals surface area (Å²) in [5.74, 6) is 1.76. The van der Waals surface area contributed by atoms with Gasteiger partial charge in [-0.1, -0.05) is 18.2 Å². The van der Waals surface area contributed by atoms with Crippen LogP contribution in [0, 0.1) is 6.92 Å². The Morgan fingerprint density at radius 1 is 0.889 bits per heavy atom. The summed E-state index contributed by atoms with van der Waals surface area (Å²) in [5.41, 5.74) is 2.10. The highest BCUT2D eigenvalue weighted by Crippen LogP contribution is 2.30. The lowest BCUT2D eigenvalue weighted by Gasteiger charge is -2.08. The first-order valence-corrected chi connectivity index (χ1v) is 11.4. The van der Waals surface area contributed by atoms with E-state index in [1.54, 1.807) is 73.7 Å². The molecule has 7 heteroatoms. The number of ketones is 1. The summed E-state index contributed by atoms with van der Waals surface area (Å²) in [6, 6.07) is 17.2. The van der Waals surface area contributed by atoms with Crippen LogP contribution < -0.4 is 18.9 Å². The predicted molar refractivity (Wildman–Crippen MR) is 136 cm³/mol. The van der Waals surface area contributed by atoms with E-state index in [9.17, 15) is 9.59 Å². The van der Waals surface area contributed by atoms with E-state index in [4.69, 9.17) is 23.4 Å². The van der Waals surface area contributed by atoms with E-state index >= 15 is 0 Å². The topological polar surface area (TPSA) is 84.2 Å². The van der Waals surface area contributed by atoms with Gasteiger partial charge in [0, 0.05) is 5.39 Å². The number of methoxy groups -OCH3 is 2. The number of aryl methyl sites for hydroxylation is 1. The van der Waals surface area contributed by atoms with Gasteiger partial charge in [0.05, 0.1) is 26.4 Å². The van der Waals surface area contributed by atoms with Gasteiger partial charge in [0.15, 0.2) is 5.78 Å². The first kappa shape index (κ1) is 24.6. The van der Waals surface area contributed by atoms with Crippen molar-refractivity contribution in [3.05, 3.63) is 89.2 Å². The quantitative estimate of drug-likeness (QED) is 0.119. The lowest BCUT2D eigenvalue weighted by atomic mass is 10.1. The Balaban J connectivity index is 1.48. The van der Waals surface area contributed by atoms with Crippen LogP contribution in [0.25, 0.3) is 17.0 Å². The lowest BCUT2D eigenvalue weighted by Crippen LogP contribution is -2.09. The Morgan fingerprint density at radius 3 is 2.31 bits per heavy atom. The molecule has 0 spiro atoms. The molecule has 0 N–H and O–H groups in total. The fraction of sp³-hybridized carbons (Fsp3) is 0.172. The highest BCUT2D eigenvalue weighted by Gasteiger charge is 2.21. The van der Waals surface area contributed by atoms with Gasteiger partial charge in [0.2, 0.25) is 0 Å². The summed E-state index contributed by atoms with van der Waals surface area (Å²) < 4.78 is 27.3. The zero-order valence-corrected chi connectivity index (χ0v) is 20.5. The van der Waals surface area contributed by atoms with E-state index < -0.39 is 5.97 Å². The van der Waals surface area contributed by atoms with Crippen molar-refractivity contribution in [2.45, 2.75) is 13.8 Å². The standard InChI is InChI=1S/C29H26O7/c1-5-34-22-12-15-27-24(17-22)28(18(2)35-27)29(31)36-20-9-6-19(7-10-20)8-13-25(30)23-16-21(32-3)11-14-26(23)33-4/h6-17H,5H2,1-4H3/b13-8+. The van der Waals surface area contributed by atoms with Crippen LogP contribution in [0.5, 0.6) is 23.0 Å². The molecule has 0 amide bonds. The summed E-state index contributed by atoms with van der Waals surface area (Å²) in [7, 11) is 3.04. The molecule has 4 rings (SSSR count). The number of fused-ring (bicyclic) bond motifs is 1. The van der Waals surface area contributed by atoms with E-state index in [1.807, 2.05) is 6.92 Å². The third-order valence-corrected chi connectivity index (χ3v) is 5.54. The average Bonchev–Trinajstić information content (AvgIpc) is 3.22. The highest BCUT2D eigenvalue weighted by atomic mass is 16.5. The Morgan fingerprint density at radius 2 is 1.61 bits per heavy atom. The molecule has 0 atom stereocenters. The second kappa shape index (κ2) is 10.8. The molecule has 0 aliphatic carbocycles. The number of furan rings is 1. The number of carbonyl (C=O) groups is 2. The SMILES string of the molecule is CCOc1ccc2oc(C)c(C(=O)Oc3ccc(/C=C/C(=O)c4cc(OC)ccc4OC)cc3)c2c1. The van der Waals surface area contributed by atoms with Crippen molar-refractivity contribution in [3.8, 4) is 23.0 Å². The molecule has 0 radical (unpaired) electrons. The summed E-state index contributed by atoms with van der Waals surface area (Å²) in [6.07, 6.45) is 3.13. The molecule has 0 saturated heterocycles. The molecule has 0 aliphatic rings. The molecule has 3 aromatic carbocycles. The Labute approximate surface area is 208 Å². The van der Waals surface area contributed by atoms with Gasteiger partial charge in [-0.3, -0.25) is 4.79 Å². The third kappa shape index (κ3) is 5.25. The maximum atomic E-state index is 12.9. The number of esters is 1. The minimum Gasteiger partial charge on any atom is -0.497 e. The van der Waals surface area contributed by atoms with Gasteiger partial charge < -0.3 is 23.4 Å². The second-order valence-electron chi connectivity index (χ2n) is 7.85. The molecule has 0 unspecified atom stereocenters. The van der Waals surface area contributed by atoms with Gasteiger partial charge in [-0.2, -0.15) is 0 Å². The van der Waals surface area contributed by atoms with Gasteiger partial charge >= 0.3 is 5.97 Å². The van der Waals surface area contributed by atoms with Crippen molar-refractivity contribution in [3.63, 3.8) is 0 Å². The smallest absolute Gasteiger partial charge is 0.347 e. The van der Waals surface area contributed by atoms with Crippen molar-refractivity contribution in [2.24, 2.45) is 0 Å². The van der Waals surface area contributed by atoms with E-state index in [-0.39, 0.29) is 5.78 Å². The zero-order valence-electron chi connectivity index (χ0n) is 20.5. The summed E-state index contributed by atoms with van der Waals surface area (Å²) in [6.45, 7) is 4.13. The number of benzene rings is 3. The molecular formula is C29H26O7. The highest BCUT2D eigenvalue weighted by molar-refractivity contribution is 6.09. The van der Waals surface area contributed by atoms with Gasteiger partial charge in [-0.05, 0) is 74.0 Å². The number of ether oxygens (including phenoxy) is 4. The van der Waals surface area contributed by atoms with Crippen molar-refractivity contribution in [1.82, 2.24) is 0 Å². The fourth-order valence-electron chi connectivity index (χ4n) is 3.78. The van der Waals surface area contributed by atoms with Gasteiger partial charge in [0.25, 0.3) is 0 Å². The van der Waals surface area contributed by atoms with E-state index in [0.29, 0.717) is 57.5 Å². The van der Waals surface area contributed by atoms with Crippen molar-refractivity contribution in [2.75, 3.05) is 20.8 Å². The van der Waals surface area contributed by atoms with Crippen LogP contribution in [0.1, 0.15) is 39.0 Å². The van der Waals surface area contributed by atoms with Gasteiger partial charge in [-0.15, -0.1) is 0 Å². The number of hydrogen-bond acceptors (Lipinski definition) is 7. The monoisotopic (exact) mass is 486 g/mol. The molecule has 0 fully saturated rings. The van der Waals surface area contributed by atoms with E-state index in [0.717, 1.165) is 5.56 Å². The van der Waals surface area contributed by atoms with Crippen LogP contribution in [0.15, 0.2) is 71.2 Å². The molecule has 0 saturated carbocycles. The fourth-order valence-corrected chi connectivity index (χ4v) is 3.78. The second-order valence-corrected chi connectivity index (χ2v) is 7.85. The number of carbonyl (C=O) groups excluding carboxylic acids is 2. The van der Waals surface area contributed by atoms with Gasteiger partial charge in [-0.25, -0.2) is 4.79 Å². The average molecular weight is 487 g/mol. The molecular weight excluding hydrogens is 460 g/mol. The number of allylic oxidation sites excluding steroid dienone is 1. The van der Waals surface area contributed by atoms with Crippen LogP contribution in [-0.2, 0) is 0 Å². The minimum absolute atomic E-state index is 0.227. The van der Waals surface area contributed by atoms with E-state index in [1.165, 1.54) is 20.3 Å². The summed E-state index contributed by atoms with van der Waals surface area (Å²) in [5, 5.41) is 0.634. The molecule has 184 valence electrons. The van der Waals surface area contributed by atoms with Crippen LogP contribution in [0.2, 0.25) is 0 Å². The van der Waals surface area contributed by atoms with Crippen LogP contribution in [-0.4, -0.2) is 32.6 Å². The summed E-state index contributed by atoms with van der Waals surface area (Å²) >= 11 is 0. The Hall–Kier alpha value is -4.52. The molecule has 0 bridgehead atoms. The Kier molecular flexibility index (Phi) is 7.39. The predicted octanol–water partition coefficient (Wildman–Crippen LogP) is 6.27. The van der Waals surface area contributed by atoms with Crippen LogP contribution >= 0.6 is 0 Å². The normalized spacial score (nSPS) is 11.0. The van der Waals surface area contributed by atoms with Crippen molar-refractivity contribution < 1.29 is 33.0 Å². The molecule has 36 heavy (non-hydrogen) atoms. The first-order chi connectivity index (χ1) is 17.4. The lowest BCUT2D eigenvalue weighted by molar-refractivity contribution is 0.0734. The number of rotatable bonds is 9. The van der Waals surface area contributed by atoms with Crippen molar-refractivity contribution >= 4 is 28.8 Å². The first-order valence-electron chi connectivity index (χ1n) is 11.4. The molecule has 7 nitrogen and oxygen atoms in total. The van der Waals surface area contributed by atoms with E-state index in [2.05, 4.69) is 0 Å². The van der Waals surface area contributed by atoms with Crippen LogP contribution in [0.4, 0.5) is 0 Å². The number of hydrogen-bond donors (Lipinski definition) is 0. The van der Waals surface area contributed by atoms with Crippen LogP contribution in [0.3, 0.4) is 0 Å². The summed E-state index contributed by atoms with van der Waals surface area (Å²) in [4.78, 5) is 25.6. The zero-order chi connectivity index (χ0) is 25.7. The van der Waals surface area contributed by atoms with Gasteiger partial charge in [0.1, 0.15) is 39.9 Å². The molecule has 4 aromatic rings.